The first kappa shape index (κ1) is 30.4. The van der Waals surface area contributed by atoms with E-state index in [1.807, 2.05) is 0 Å². The van der Waals surface area contributed by atoms with Gasteiger partial charge in [0.1, 0.15) is 0 Å². The summed E-state index contributed by atoms with van der Waals surface area (Å²) in [5, 5.41) is 3.05. The van der Waals surface area contributed by atoms with Crippen molar-refractivity contribution in [1.82, 2.24) is 0 Å². The molecule has 1 aliphatic carbocycles. The summed E-state index contributed by atoms with van der Waals surface area (Å²) in [5.74, 6) is 3.54. The van der Waals surface area contributed by atoms with Crippen molar-refractivity contribution in [3.05, 3.63) is 90.0 Å². The van der Waals surface area contributed by atoms with Gasteiger partial charge in [0.05, 0.1) is 5.78 Å². The van der Waals surface area contributed by atoms with Crippen LogP contribution in [0.2, 0.25) is 0 Å². The minimum absolute atomic E-state index is 0.0493. The Morgan fingerprint density at radius 1 is 0.707 bits per heavy atom. The van der Waals surface area contributed by atoms with Crippen LogP contribution >= 0.6 is 7.92 Å². The molecule has 220 valence electrons. The fourth-order valence-corrected chi connectivity index (χ4v) is 12.3. The molecule has 2 heteroatoms. The zero-order valence-corrected chi connectivity index (χ0v) is 28.1. The Hall–Kier alpha value is -2.11. The van der Waals surface area contributed by atoms with Gasteiger partial charge in [0, 0.05) is 16.6 Å². The zero-order valence-electron chi connectivity index (χ0n) is 27.2. The van der Waals surface area contributed by atoms with E-state index in [1.165, 1.54) is 47.4 Å². The van der Waals surface area contributed by atoms with E-state index in [-0.39, 0.29) is 11.0 Å². The number of nitrogens with zero attached hydrogens (tertiary/aromatic N) is 1. The van der Waals surface area contributed by atoms with Gasteiger partial charge >= 0.3 is 0 Å². The highest BCUT2D eigenvalue weighted by Crippen LogP contribution is 2.68. The molecule has 1 saturated heterocycles. The molecule has 1 aliphatic heterocycles. The molecular formula is C39H54NP. The van der Waals surface area contributed by atoms with Crippen LogP contribution in [0, 0.1) is 23.2 Å². The SMILES string of the molecule is CC(C)c1cccc(C(C)C)c1N1[C@H](P(c2ccccc2)c2ccccc2)[C@]2(C[C@H](C)CC[C@H]2C(C)C)CC1(C)C. The van der Waals surface area contributed by atoms with Crippen LogP contribution in [0.25, 0.3) is 0 Å². The molecule has 1 spiro atoms. The maximum Gasteiger partial charge on any atom is 0.0635 e. The molecule has 3 aromatic rings. The Bertz CT molecular complexity index is 1230. The summed E-state index contributed by atoms with van der Waals surface area (Å²) < 4.78 is 0. The van der Waals surface area contributed by atoms with Crippen molar-refractivity contribution < 1.29 is 0 Å². The summed E-state index contributed by atoms with van der Waals surface area (Å²) in [5.41, 5.74) is 4.89. The summed E-state index contributed by atoms with van der Waals surface area (Å²) >= 11 is 0. The number of rotatable bonds is 7. The van der Waals surface area contributed by atoms with Crippen molar-refractivity contribution in [3.63, 3.8) is 0 Å². The lowest BCUT2D eigenvalue weighted by atomic mass is 9.58. The molecule has 1 heterocycles. The van der Waals surface area contributed by atoms with Gasteiger partial charge in [-0.1, -0.05) is 134 Å². The second kappa shape index (κ2) is 11.9. The summed E-state index contributed by atoms with van der Waals surface area (Å²) in [6.45, 7) is 22.3. The minimum atomic E-state index is -0.653. The van der Waals surface area contributed by atoms with Crippen LogP contribution in [0.5, 0.6) is 0 Å². The standard InChI is InChI=1S/C39H54NP/c1-27(2)33-21-16-22-34(28(3)4)36(33)40-37(41(31-17-12-10-13-18-31)32-19-14-11-15-20-32)39(26-38(40,8)9)25-30(7)23-24-35(39)29(5)6/h10-22,27-30,35,37H,23-26H2,1-9H3/t30-,35+,37-,39-/m1/s1. The zero-order chi connectivity index (χ0) is 29.5. The maximum absolute atomic E-state index is 3.04. The van der Waals surface area contributed by atoms with E-state index in [0.29, 0.717) is 23.5 Å². The van der Waals surface area contributed by atoms with Gasteiger partial charge in [-0.2, -0.15) is 0 Å². The lowest BCUT2D eigenvalue weighted by Crippen LogP contribution is -2.52. The molecule has 41 heavy (non-hydrogen) atoms. The second-order valence-corrected chi connectivity index (χ2v) is 17.1. The first-order chi connectivity index (χ1) is 19.5. The van der Waals surface area contributed by atoms with Crippen LogP contribution in [0.3, 0.4) is 0 Å². The Morgan fingerprint density at radius 3 is 1.68 bits per heavy atom. The number of hydrogen-bond acceptors (Lipinski definition) is 1. The highest BCUT2D eigenvalue weighted by Gasteiger charge is 2.63. The molecule has 0 N–H and O–H groups in total. The number of para-hydroxylation sites is 1. The Balaban J connectivity index is 1.89. The number of hydrogen-bond donors (Lipinski definition) is 0. The summed E-state index contributed by atoms with van der Waals surface area (Å²) in [4.78, 5) is 3.04. The lowest BCUT2D eigenvalue weighted by molar-refractivity contribution is 0.0374. The van der Waals surface area contributed by atoms with Crippen LogP contribution < -0.4 is 15.5 Å². The normalized spacial score (nSPS) is 26.2. The number of benzene rings is 3. The van der Waals surface area contributed by atoms with Crippen LogP contribution in [-0.2, 0) is 0 Å². The molecule has 1 saturated carbocycles. The van der Waals surface area contributed by atoms with Gasteiger partial charge in [-0.05, 0) is 92.4 Å². The Morgan fingerprint density at radius 2 is 1.22 bits per heavy atom. The molecule has 0 aromatic heterocycles. The van der Waals surface area contributed by atoms with Crippen LogP contribution in [-0.4, -0.2) is 11.3 Å². The fourth-order valence-electron chi connectivity index (χ4n) is 8.92. The highest BCUT2D eigenvalue weighted by atomic mass is 31.1. The molecule has 0 bridgehead atoms. The molecular weight excluding hydrogens is 513 g/mol. The Labute approximate surface area is 252 Å². The van der Waals surface area contributed by atoms with Gasteiger partial charge in [0.25, 0.3) is 0 Å². The summed E-state index contributed by atoms with van der Waals surface area (Å²) in [6, 6.07) is 30.4. The topological polar surface area (TPSA) is 3.24 Å². The first-order valence-electron chi connectivity index (χ1n) is 16.3. The van der Waals surface area contributed by atoms with Crippen molar-refractivity contribution in [3.8, 4) is 0 Å². The van der Waals surface area contributed by atoms with Crippen LogP contribution in [0.1, 0.15) is 111 Å². The van der Waals surface area contributed by atoms with Crippen LogP contribution in [0.4, 0.5) is 5.69 Å². The van der Waals surface area contributed by atoms with E-state index >= 15 is 0 Å². The minimum Gasteiger partial charge on any atom is -0.358 e. The van der Waals surface area contributed by atoms with E-state index in [2.05, 4.69) is 146 Å². The van der Waals surface area contributed by atoms with Crippen molar-refractivity contribution in [2.45, 2.75) is 111 Å². The molecule has 2 aliphatic rings. The molecule has 0 unspecified atom stereocenters. The summed E-state index contributed by atoms with van der Waals surface area (Å²) in [6.07, 6.45) is 5.32. The van der Waals surface area contributed by atoms with E-state index in [4.69, 9.17) is 0 Å². The highest BCUT2D eigenvalue weighted by molar-refractivity contribution is 7.73. The van der Waals surface area contributed by atoms with E-state index in [1.54, 1.807) is 5.69 Å². The van der Waals surface area contributed by atoms with E-state index < -0.39 is 7.92 Å². The van der Waals surface area contributed by atoms with Gasteiger partial charge in [-0.15, -0.1) is 0 Å². The third-order valence-corrected chi connectivity index (χ3v) is 13.3. The van der Waals surface area contributed by atoms with Gasteiger partial charge < -0.3 is 4.90 Å². The van der Waals surface area contributed by atoms with Crippen molar-refractivity contribution in [2.75, 3.05) is 4.90 Å². The predicted octanol–water partition coefficient (Wildman–Crippen LogP) is 10.5. The van der Waals surface area contributed by atoms with Crippen LogP contribution in [0.15, 0.2) is 78.9 Å². The molecule has 0 radical (unpaired) electrons. The van der Waals surface area contributed by atoms with Crippen molar-refractivity contribution in [2.24, 2.45) is 23.2 Å². The second-order valence-electron chi connectivity index (χ2n) is 14.8. The third kappa shape index (κ3) is 5.54. The molecule has 0 amide bonds. The maximum atomic E-state index is 3.04. The van der Waals surface area contributed by atoms with E-state index in [0.717, 1.165) is 11.8 Å². The third-order valence-electron chi connectivity index (χ3n) is 10.3. The number of anilines is 1. The largest absolute Gasteiger partial charge is 0.358 e. The monoisotopic (exact) mass is 567 g/mol. The van der Waals surface area contributed by atoms with Crippen molar-refractivity contribution >= 4 is 24.2 Å². The quantitative estimate of drug-likeness (QED) is 0.257. The average molecular weight is 568 g/mol. The fraction of sp³-hybridized carbons (Fsp3) is 0.538. The van der Waals surface area contributed by atoms with Gasteiger partial charge in [-0.3, -0.25) is 0 Å². The first-order valence-corrected chi connectivity index (χ1v) is 17.7. The molecule has 5 rings (SSSR count). The van der Waals surface area contributed by atoms with Gasteiger partial charge in [0.15, 0.2) is 0 Å². The smallest absolute Gasteiger partial charge is 0.0635 e. The van der Waals surface area contributed by atoms with Crippen molar-refractivity contribution in [1.29, 1.82) is 0 Å². The Kier molecular flexibility index (Phi) is 8.79. The molecule has 4 atom stereocenters. The molecule has 2 fully saturated rings. The summed E-state index contributed by atoms with van der Waals surface area (Å²) in [7, 11) is -0.653. The average Bonchev–Trinajstić information content (AvgIpc) is 3.14. The van der Waals surface area contributed by atoms with Gasteiger partial charge in [-0.25, -0.2) is 0 Å². The lowest BCUT2D eigenvalue weighted by Gasteiger charge is -2.53. The van der Waals surface area contributed by atoms with E-state index in [9.17, 15) is 0 Å². The predicted molar refractivity (Wildman–Crippen MR) is 182 cm³/mol. The van der Waals surface area contributed by atoms with Gasteiger partial charge in [0.2, 0.25) is 0 Å². The molecule has 1 nitrogen and oxygen atoms in total. The molecule has 3 aromatic carbocycles.